The van der Waals surface area contributed by atoms with E-state index in [0.29, 0.717) is 11.4 Å². The van der Waals surface area contributed by atoms with Crippen molar-refractivity contribution in [1.82, 2.24) is 10.3 Å². The average molecular weight is 262 g/mol. The molecular formula is C12H14N4O3. The highest BCUT2D eigenvalue weighted by Crippen LogP contribution is 2.21. The zero-order valence-electron chi connectivity index (χ0n) is 10.6. The number of aromatic nitrogens is 2. The van der Waals surface area contributed by atoms with Crippen molar-refractivity contribution in [2.45, 2.75) is 12.8 Å². The number of hydrogen-bond donors (Lipinski definition) is 2. The maximum Gasteiger partial charge on any atom is 0.233 e. The first-order valence-corrected chi connectivity index (χ1v) is 5.64. The molecule has 1 atom stereocenters. The molecular weight excluding hydrogens is 248 g/mol. The van der Waals surface area contributed by atoms with Crippen molar-refractivity contribution >= 4 is 17.4 Å². The summed E-state index contributed by atoms with van der Waals surface area (Å²) in [7, 11) is 1.58. The maximum absolute atomic E-state index is 12.0. The van der Waals surface area contributed by atoms with Gasteiger partial charge in [-0.1, -0.05) is 5.16 Å². The summed E-state index contributed by atoms with van der Waals surface area (Å²) in [5.41, 5.74) is 6.53. The van der Waals surface area contributed by atoms with Crippen molar-refractivity contribution in [1.29, 1.82) is 0 Å². The summed E-state index contributed by atoms with van der Waals surface area (Å²) < 4.78 is 9.51. The summed E-state index contributed by atoms with van der Waals surface area (Å²) in [6.45, 7) is 1.68. The molecule has 3 N–H and O–H groups in total. The first-order valence-electron chi connectivity index (χ1n) is 5.64. The molecule has 0 radical (unpaired) electrons. The Balaban J connectivity index is 2.06. The molecule has 0 aliphatic carbocycles. The van der Waals surface area contributed by atoms with Crippen LogP contribution in [0.1, 0.15) is 18.5 Å². The van der Waals surface area contributed by atoms with E-state index >= 15 is 0 Å². The van der Waals surface area contributed by atoms with E-state index in [1.807, 2.05) is 0 Å². The van der Waals surface area contributed by atoms with Gasteiger partial charge in [-0.3, -0.25) is 4.79 Å². The van der Waals surface area contributed by atoms with Crippen molar-refractivity contribution in [2.24, 2.45) is 0 Å². The summed E-state index contributed by atoms with van der Waals surface area (Å²) in [6.07, 6.45) is 0. The van der Waals surface area contributed by atoms with Gasteiger partial charge in [-0.25, -0.2) is 4.63 Å². The second-order valence-corrected chi connectivity index (χ2v) is 3.97. The van der Waals surface area contributed by atoms with Crippen LogP contribution in [0.15, 0.2) is 28.9 Å². The fourth-order valence-corrected chi connectivity index (χ4v) is 1.55. The Hall–Kier alpha value is -2.57. The van der Waals surface area contributed by atoms with Gasteiger partial charge in [0.15, 0.2) is 5.82 Å². The Kier molecular flexibility index (Phi) is 3.65. The van der Waals surface area contributed by atoms with Crippen molar-refractivity contribution in [2.75, 3.05) is 18.2 Å². The Bertz CT molecular complexity index is 565. The fraction of sp³-hybridized carbons (Fsp3) is 0.250. The molecule has 0 saturated heterocycles. The quantitative estimate of drug-likeness (QED) is 0.863. The highest BCUT2D eigenvalue weighted by atomic mass is 16.6. The number of nitrogens with two attached hydrogens (primary N) is 1. The number of rotatable bonds is 4. The monoisotopic (exact) mass is 262 g/mol. The number of benzene rings is 1. The summed E-state index contributed by atoms with van der Waals surface area (Å²) in [5.74, 6) is 0.0503. The van der Waals surface area contributed by atoms with Crippen LogP contribution in [0, 0.1) is 0 Å². The Morgan fingerprint density at radius 3 is 2.58 bits per heavy atom. The smallest absolute Gasteiger partial charge is 0.233 e. The van der Waals surface area contributed by atoms with E-state index in [9.17, 15) is 4.79 Å². The summed E-state index contributed by atoms with van der Waals surface area (Å²) in [4.78, 5) is 12.0. The van der Waals surface area contributed by atoms with Crippen molar-refractivity contribution in [3.05, 3.63) is 30.0 Å². The van der Waals surface area contributed by atoms with E-state index in [1.54, 1.807) is 38.3 Å². The number of nitrogens with zero attached hydrogens (tertiary/aromatic N) is 2. The van der Waals surface area contributed by atoms with Gasteiger partial charge in [-0.2, -0.15) is 0 Å². The SMILES string of the molecule is COc1ccc(NC(=O)C(C)c2nonc2N)cc1. The minimum absolute atomic E-state index is 0.123. The Labute approximate surface area is 109 Å². The first kappa shape index (κ1) is 12.9. The molecule has 2 rings (SSSR count). The Morgan fingerprint density at radius 2 is 2.05 bits per heavy atom. The summed E-state index contributed by atoms with van der Waals surface area (Å²) >= 11 is 0. The molecule has 1 unspecified atom stereocenters. The number of methoxy groups -OCH3 is 1. The molecule has 0 spiro atoms. The molecule has 19 heavy (non-hydrogen) atoms. The third-order valence-electron chi connectivity index (χ3n) is 2.70. The first-order chi connectivity index (χ1) is 9.11. The molecule has 1 amide bonds. The van der Waals surface area contributed by atoms with Crippen LogP contribution in [0.5, 0.6) is 5.75 Å². The lowest BCUT2D eigenvalue weighted by Crippen LogP contribution is -2.19. The van der Waals surface area contributed by atoms with E-state index in [1.165, 1.54) is 0 Å². The van der Waals surface area contributed by atoms with Crippen LogP contribution >= 0.6 is 0 Å². The van der Waals surface area contributed by atoms with Crippen molar-refractivity contribution < 1.29 is 14.2 Å². The predicted molar refractivity (Wildman–Crippen MR) is 68.7 cm³/mol. The number of ether oxygens (including phenoxy) is 1. The number of anilines is 2. The molecule has 0 bridgehead atoms. The third kappa shape index (κ3) is 2.82. The van der Waals surface area contributed by atoms with Crippen LogP contribution in [0.25, 0.3) is 0 Å². The number of amides is 1. The largest absolute Gasteiger partial charge is 0.497 e. The van der Waals surface area contributed by atoms with Gasteiger partial charge >= 0.3 is 0 Å². The summed E-state index contributed by atoms with van der Waals surface area (Å²) in [5, 5.41) is 9.81. The lowest BCUT2D eigenvalue weighted by molar-refractivity contribution is -0.117. The van der Waals surface area contributed by atoms with Gasteiger partial charge < -0.3 is 15.8 Å². The third-order valence-corrected chi connectivity index (χ3v) is 2.70. The molecule has 1 aromatic carbocycles. The molecule has 0 aliphatic rings. The molecule has 0 aliphatic heterocycles. The van der Waals surface area contributed by atoms with E-state index in [0.717, 1.165) is 5.75 Å². The van der Waals surface area contributed by atoms with Gasteiger partial charge in [-0.05, 0) is 36.3 Å². The van der Waals surface area contributed by atoms with Crippen LogP contribution in [0.3, 0.4) is 0 Å². The highest BCUT2D eigenvalue weighted by molar-refractivity contribution is 5.95. The van der Waals surface area contributed by atoms with Gasteiger partial charge in [0.2, 0.25) is 5.91 Å². The molecule has 7 nitrogen and oxygen atoms in total. The van der Waals surface area contributed by atoms with Gasteiger partial charge in [0.25, 0.3) is 0 Å². The second-order valence-electron chi connectivity index (χ2n) is 3.97. The molecule has 100 valence electrons. The molecule has 0 saturated carbocycles. The zero-order valence-corrected chi connectivity index (χ0v) is 10.6. The van der Waals surface area contributed by atoms with Crippen molar-refractivity contribution in [3.63, 3.8) is 0 Å². The number of carbonyl (C=O) groups is 1. The lowest BCUT2D eigenvalue weighted by atomic mass is 10.1. The van der Waals surface area contributed by atoms with Gasteiger partial charge in [0, 0.05) is 5.69 Å². The second kappa shape index (κ2) is 5.38. The number of nitrogens with one attached hydrogen (secondary N) is 1. The van der Waals surface area contributed by atoms with Gasteiger partial charge in [-0.15, -0.1) is 0 Å². The van der Waals surface area contributed by atoms with Gasteiger partial charge in [0.1, 0.15) is 11.4 Å². The maximum atomic E-state index is 12.0. The van der Waals surface area contributed by atoms with E-state index in [2.05, 4.69) is 20.3 Å². The molecule has 1 heterocycles. The lowest BCUT2D eigenvalue weighted by Gasteiger charge is -2.10. The minimum Gasteiger partial charge on any atom is -0.497 e. The standard InChI is InChI=1S/C12H14N4O3/c1-7(10-11(13)16-19-15-10)12(17)14-8-3-5-9(18-2)6-4-8/h3-7H,1-2H3,(H2,13,16)(H,14,17). The molecule has 0 fully saturated rings. The van der Waals surface area contributed by atoms with Crippen molar-refractivity contribution in [3.8, 4) is 5.75 Å². The fourth-order valence-electron chi connectivity index (χ4n) is 1.55. The highest BCUT2D eigenvalue weighted by Gasteiger charge is 2.22. The van der Waals surface area contributed by atoms with Crippen LogP contribution in [-0.2, 0) is 4.79 Å². The van der Waals surface area contributed by atoms with Crippen LogP contribution in [0.2, 0.25) is 0 Å². The van der Waals surface area contributed by atoms with Crippen LogP contribution in [-0.4, -0.2) is 23.3 Å². The Morgan fingerprint density at radius 1 is 1.37 bits per heavy atom. The normalized spacial score (nSPS) is 11.9. The average Bonchev–Trinajstić information content (AvgIpc) is 2.85. The predicted octanol–water partition coefficient (Wildman–Crippen LogP) is 1.40. The van der Waals surface area contributed by atoms with E-state index in [4.69, 9.17) is 10.5 Å². The van der Waals surface area contributed by atoms with Crippen LogP contribution < -0.4 is 15.8 Å². The zero-order chi connectivity index (χ0) is 13.8. The topological polar surface area (TPSA) is 103 Å². The summed E-state index contributed by atoms with van der Waals surface area (Å²) in [6, 6.07) is 7.00. The van der Waals surface area contributed by atoms with E-state index in [-0.39, 0.29) is 11.7 Å². The van der Waals surface area contributed by atoms with E-state index < -0.39 is 5.92 Å². The number of carbonyl (C=O) groups excluding carboxylic acids is 1. The number of nitrogen functional groups attached to an aromatic ring is 1. The van der Waals surface area contributed by atoms with Crippen LogP contribution in [0.4, 0.5) is 11.5 Å². The van der Waals surface area contributed by atoms with Gasteiger partial charge in [0.05, 0.1) is 13.0 Å². The minimum atomic E-state index is -0.548. The number of hydrogen-bond acceptors (Lipinski definition) is 6. The molecule has 7 heteroatoms. The molecule has 1 aromatic heterocycles. The molecule has 2 aromatic rings.